The van der Waals surface area contributed by atoms with Crippen molar-refractivity contribution >= 4 is 75.3 Å². The third-order valence-electron chi connectivity index (χ3n) is 4.72. The number of halogens is 1. The molecule has 0 aromatic carbocycles. The molecule has 1 fully saturated rings. The van der Waals surface area contributed by atoms with Crippen molar-refractivity contribution in [1.29, 1.82) is 0 Å². The molecule has 0 aliphatic carbocycles. The summed E-state index contributed by atoms with van der Waals surface area (Å²) in [5.74, 6) is -4.29. The van der Waals surface area contributed by atoms with Gasteiger partial charge in [-0.15, -0.1) is 23.1 Å². The van der Waals surface area contributed by atoms with E-state index >= 15 is 0 Å². The zero-order chi connectivity index (χ0) is 27.5. The molecule has 17 heteroatoms. The van der Waals surface area contributed by atoms with Gasteiger partial charge in [0.1, 0.15) is 22.8 Å². The Morgan fingerprint density at radius 2 is 2.03 bits per heavy atom. The lowest BCUT2D eigenvalue weighted by molar-refractivity contribution is -0.173. The van der Waals surface area contributed by atoms with Crippen molar-refractivity contribution in [3.05, 3.63) is 21.8 Å². The van der Waals surface area contributed by atoms with Gasteiger partial charge in [0.15, 0.2) is 10.8 Å². The molecule has 2 amide bonds. The number of hydrogen-bond donors (Lipinski definition) is 3. The lowest BCUT2D eigenvalue weighted by Gasteiger charge is -2.49. The number of fused-ring (bicyclic) bond motifs is 1. The normalized spacial score (nSPS) is 19.5. The molecule has 0 saturated carbocycles. The van der Waals surface area contributed by atoms with Crippen LogP contribution in [0, 0.1) is 5.41 Å². The Bertz CT molecular complexity index is 1190. The summed E-state index contributed by atoms with van der Waals surface area (Å²) in [5, 5.41) is 15.6. The third kappa shape index (κ3) is 6.50. The number of esters is 2. The molecule has 0 radical (unpaired) electrons. The fourth-order valence-corrected chi connectivity index (χ4v) is 5.05. The summed E-state index contributed by atoms with van der Waals surface area (Å²) in [7, 11) is 0. The highest BCUT2D eigenvalue weighted by Crippen LogP contribution is 2.41. The summed E-state index contributed by atoms with van der Waals surface area (Å²) in [6.07, 6.45) is 0. The number of oxime groups is 1. The Morgan fingerprint density at radius 3 is 2.62 bits per heavy atom. The number of amides is 2. The predicted octanol–water partition coefficient (Wildman–Crippen LogP) is 0.471. The lowest BCUT2D eigenvalue weighted by Crippen LogP contribution is -2.71. The number of carbonyl (C=O) groups is 5. The molecule has 1 unspecified atom stereocenters. The Morgan fingerprint density at radius 1 is 1.32 bits per heavy atom. The van der Waals surface area contributed by atoms with Crippen molar-refractivity contribution in [2.45, 2.75) is 32.2 Å². The second-order valence-corrected chi connectivity index (χ2v) is 11.0. The molecular formula is C20H22ClN5O9S2. The first-order valence-electron chi connectivity index (χ1n) is 10.4. The van der Waals surface area contributed by atoms with E-state index in [1.807, 2.05) is 0 Å². The summed E-state index contributed by atoms with van der Waals surface area (Å²) in [6.45, 7) is 3.40. The molecule has 200 valence electrons. The summed E-state index contributed by atoms with van der Waals surface area (Å²) < 4.78 is 9.89. The molecule has 37 heavy (non-hydrogen) atoms. The maximum Gasteiger partial charge on any atom is 0.359 e. The highest BCUT2D eigenvalue weighted by atomic mass is 35.5. The van der Waals surface area contributed by atoms with E-state index in [1.54, 1.807) is 20.8 Å². The van der Waals surface area contributed by atoms with E-state index in [2.05, 4.69) is 20.3 Å². The van der Waals surface area contributed by atoms with Crippen LogP contribution in [0.4, 0.5) is 5.13 Å². The van der Waals surface area contributed by atoms with E-state index in [4.69, 9.17) is 31.9 Å². The fourth-order valence-electron chi connectivity index (χ4n) is 2.96. The number of carbonyl (C=O) groups excluding carboxylic acids is 4. The van der Waals surface area contributed by atoms with E-state index in [0.29, 0.717) is 0 Å². The molecule has 1 saturated heterocycles. The van der Waals surface area contributed by atoms with Crippen molar-refractivity contribution in [2.24, 2.45) is 10.6 Å². The van der Waals surface area contributed by atoms with E-state index in [0.717, 1.165) is 16.2 Å². The zero-order valence-corrected chi connectivity index (χ0v) is 22.1. The topological polar surface area (TPSA) is 200 Å². The van der Waals surface area contributed by atoms with Crippen LogP contribution in [0.2, 0.25) is 0 Å². The third-order valence-corrected chi connectivity index (χ3v) is 7.14. The quantitative estimate of drug-likeness (QED) is 0.121. The number of nitrogens with one attached hydrogen (secondary N) is 1. The fraction of sp³-hybridized carbons (Fsp3) is 0.450. The number of anilines is 1. The SMILES string of the molecule is CC(C)(C)C(=O)OCOC(=O)C1=C(Cl)CS[C@@H]2C(NC(=O)/C(=N\OCC(=O)O)c3csc(N)n3)C(=O)N12. The number of aromatic nitrogens is 1. The van der Waals surface area contributed by atoms with Crippen molar-refractivity contribution in [3.8, 4) is 0 Å². The van der Waals surface area contributed by atoms with Gasteiger partial charge in [0.25, 0.3) is 11.8 Å². The van der Waals surface area contributed by atoms with Gasteiger partial charge < -0.3 is 30.5 Å². The van der Waals surface area contributed by atoms with Crippen molar-refractivity contribution in [1.82, 2.24) is 15.2 Å². The number of nitrogens with two attached hydrogens (primary N) is 1. The number of β-lactam (4-membered cyclic amide) rings is 1. The standard InChI is InChI=1S/C20H22ClN5O9S2/c1-20(2,3)18(32)34-7-33-17(31)13-8(21)5-36-16-12(15(30)26(13)16)24-14(29)11(25-35-4-10(27)28)9-6-37-19(22)23-9/h6,12,16H,4-5,7H2,1-3H3,(H2,22,23)(H,24,29)(H,27,28)/b25-11-/t12?,16-/m1/s1. The maximum absolute atomic E-state index is 12.9. The van der Waals surface area contributed by atoms with Gasteiger partial charge in [0.2, 0.25) is 13.4 Å². The Kier molecular flexibility index (Phi) is 8.65. The summed E-state index contributed by atoms with van der Waals surface area (Å²) in [6, 6.07) is -1.08. The van der Waals surface area contributed by atoms with Crippen LogP contribution in [0.5, 0.6) is 0 Å². The number of nitrogen functional groups attached to an aromatic ring is 1. The van der Waals surface area contributed by atoms with Crippen LogP contribution < -0.4 is 11.1 Å². The maximum atomic E-state index is 12.9. The largest absolute Gasteiger partial charge is 0.479 e. The molecule has 1 aromatic rings. The average molecular weight is 576 g/mol. The minimum absolute atomic E-state index is 0.0160. The van der Waals surface area contributed by atoms with Gasteiger partial charge in [-0.3, -0.25) is 19.3 Å². The van der Waals surface area contributed by atoms with E-state index in [1.165, 1.54) is 17.1 Å². The van der Waals surface area contributed by atoms with Crippen LogP contribution in [-0.4, -0.2) is 81.0 Å². The Labute approximate surface area is 223 Å². The van der Waals surface area contributed by atoms with Gasteiger partial charge in [-0.05, 0) is 20.8 Å². The molecule has 1 aromatic heterocycles. The number of thiazole rings is 1. The summed E-state index contributed by atoms with van der Waals surface area (Å²) in [5.41, 5.74) is 4.20. The Balaban J connectivity index is 1.69. The van der Waals surface area contributed by atoms with Crippen LogP contribution in [0.1, 0.15) is 26.5 Å². The first-order valence-corrected chi connectivity index (χ1v) is 12.7. The number of hydrogen-bond acceptors (Lipinski definition) is 13. The molecule has 0 bridgehead atoms. The number of carboxylic acid groups (broad SMARTS) is 1. The summed E-state index contributed by atoms with van der Waals surface area (Å²) >= 11 is 8.38. The minimum Gasteiger partial charge on any atom is -0.479 e. The van der Waals surface area contributed by atoms with E-state index < -0.39 is 65.7 Å². The van der Waals surface area contributed by atoms with Crippen LogP contribution in [-0.2, 0) is 38.3 Å². The number of aliphatic carboxylic acids is 1. The second-order valence-electron chi connectivity index (χ2n) is 8.52. The van der Waals surface area contributed by atoms with Crippen LogP contribution in [0.15, 0.2) is 21.3 Å². The van der Waals surface area contributed by atoms with E-state index in [-0.39, 0.29) is 27.3 Å². The van der Waals surface area contributed by atoms with Crippen molar-refractivity contribution in [3.63, 3.8) is 0 Å². The van der Waals surface area contributed by atoms with Crippen LogP contribution in [0.25, 0.3) is 0 Å². The van der Waals surface area contributed by atoms with Gasteiger partial charge in [0.05, 0.1) is 10.4 Å². The molecular weight excluding hydrogens is 554 g/mol. The smallest absolute Gasteiger partial charge is 0.359 e. The molecule has 2 atom stereocenters. The number of carboxylic acids is 1. The second kappa shape index (κ2) is 11.4. The highest BCUT2D eigenvalue weighted by Gasteiger charge is 2.54. The van der Waals surface area contributed by atoms with Crippen LogP contribution in [0.3, 0.4) is 0 Å². The first kappa shape index (κ1) is 28.2. The van der Waals surface area contributed by atoms with Crippen LogP contribution >= 0.6 is 34.7 Å². The number of nitrogens with zero attached hydrogens (tertiary/aromatic N) is 3. The van der Waals surface area contributed by atoms with Crippen molar-refractivity contribution in [2.75, 3.05) is 24.9 Å². The highest BCUT2D eigenvalue weighted by molar-refractivity contribution is 8.00. The molecule has 2 aliphatic rings. The Hall–Kier alpha value is -3.37. The zero-order valence-electron chi connectivity index (χ0n) is 19.7. The summed E-state index contributed by atoms with van der Waals surface area (Å²) in [4.78, 5) is 70.7. The molecule has 2 aliphatic heterocycles. The van der Waals surface area contributed by atoms with Gasteiger partial charge >= 0.3 is 17.9 Å². The van der Waals surface area contributed by atoms with E-state index in [9.17, 15) is 24.0 Å². The average Bonchev–Trinajstić information content (AvgIpc) is 3.24. The van der Waals surface area contributed by atoms with Crippen molar-refractivity contribution < 1.29 is 43.4 Å². The number of ether oxygens (including phenoxy) is 2. The number of thioether (sulfide) groups is 1. The molecule has 14 nitrogen and oxygen atoms in total. The van der Waals surface area contributed by atoms with Gasteiger partial charge in [-0.25, -0.2) is 14.6 Å². The molecule has 0 spiro atoms. The predicted molar refractivity (Wildman–Crippen MR) is 131 cm³/mol. The monoisotopic (exact) mass is 575 g/mol. The first-order chi connectivity index (χ1) is 17.3. The van der Waals surface area contributed by atoms with Gasteiger partial charge in [0, 0.05) is 11.1 Å². The number of rotatable bonds is 9. The lowest BCUT2D eigenvalue weighted by atomic mass is 9.98. The molecule has 4 N–H and O–H groups in total. The minimum atomic E-state index is -1.32. The van der Waals surface area contributed by atoms with Gasteiger partial charge in [-0.2, -0.15) is 0 Å². The van der Waals surface area contributed by atoms with Gasteiger partial charge in [-0.1, -0.05) is 16.8 Å². The molecule has 3 heterocycles. The molecule has 3 rings (SSSR count).